The molecule has 0 radical (unpaired) electrons. The number of morpholine rings is 1. The summed E-state index contributed by atoms with van der Waals surface area (Å²) in [6.07, 6.45) is 1.21. The topological polar surface area (TPSA) is 76.8 Å². The largest absolute Gasteiger partial charge is 0.379 e. The van der Waals surface area contributed by atoms with E-state index in [0.717, 1.165) is 55.3 Å². The van der Waals surface area contributed by atoms with Crippen molar-refractivity contribution in [1.82, 2.24) is 19.5 Å². The SMILES string of the molecule is CS(=O)(=O)c1ccc(-c2cccc3nc(-c4ccccc4CN4CCOCC4)nn23)cc1. The van der Waals surface area contributed by atoms with Gasteiger partial charge in [0.15, 0.2) is 21.3 Å². The Morgan fingerprint density at radius 1 is 0.938 bits per heavy atom. The highest BCUT2D eigenvalue weighted by atomic mass is 32.2. The first kappa shape index (κ1) is 20.8. The Bertz CT molecular complexity index is 1360. The summed E-state index contributed by atoms with van der Waals surface area (Å²) in [6, 6.07) is 20.9. The highest BCUT2D eigenvalue weighted by Crippen LogP contribution is 2.26. The Hall–Kier alpha value is -3.07. The molecular formula is C24H24N4O3S. The molecule has 32 heavy (non-hydrogen) atoms. The molecule has 4 aromatic rings. The summed E-state index contributed by atoms with van der Waals surface area (Å²) in [4.78, 5) is 7.47. The summed E-state index contributed by atoms with van der Waals surface area (Å²) in [7, 11) is -3.24. The second kappa shape index (κ2) is 8.46. The van der Waals surface area contributed by atoms with Crippen molar-refractivity contribution < 1.29 is 13.2 Å². The van der Waals surface area contributed by atoms with Crippen molar-refractivity contribution in [3.8, 4) is 22.6 Å². The zero-order chi connectivity index (χ0) is 22.1. The first-order chi connectivity index (χ1) is 15.5. The van der Waals surface area contributed by atoms with Crippen LogP contribution in [0.3, 0.4) is 0 Å². The molecule has 5 rings (SSSR count). The number of sulfone groups is 1. The van der Waals surface area contributed by atoms with E-state index in [1.54, 1.807) is 24.3 Å². The van der Waals surface area contributed by atoms with Crippen LogP contribution >= 0.6 is 0 Å². The van der Waals surface area contributed by atoms with Crippen molar-refractivity contribution in [2.45, 2.75) is 11.4 Å². The van der Waals surface area contributed by atoms with Crippen LogP contribution in [-0.2, 0) is 21.1 Å². The summed E-state index contributed by atoms with van der Waals surface area (Å²) in [5, 5.41) is 4.83. The van der Waals surface area contributed by atoms with Crippen LogP contribution in [0.1, 0.15) is 5.56 Å². The van der Waals surface area contributed by atoms with E-state index in [1.165, 1.54) is 11.8 Å². The van der Waals surface area contributed by atoms with Gasteiger partial charge in [0.1, 0.15) is 0 Å². The Morgan fingerprint density at radius 2 is 1.69 bits per heavy atom. The van der Waals surface area contributed by atoms with E-state index in [-0.39, 0.29) is 0 Å². The van der Waals surface area contributed by atoms with Gasteiger partial charge in [-0.3, -0.25) is 4.90 Å². The maximum absolute atomic E-state index is 11.8. The average molecular weight is 449 g/mol. The Labute approximate surface area is 187 Å². The van der Waals surface area contributed by atoms with E-state index in [2.05, 4.69) is 17.0 Å². The van der Waals surface area contributed by atoms with Gasteiger partial charge in [0.05, 0.1) is 23.8 Å². The van der Waals surface area contributed by atoms with E-state index in [0.29, 0.717) is 10.7 Å². The van der Waals surface area contributed by atoms with Gasteiger partial charge in [-0.2, -0.15) is 0 Å². The molecule has 1 fully saturated rings. The molecule has 0 spiro atoms. The first-order valence-corrected chi connectivity index (χ1v) is 12.4. The van der Waals surface area contributed by atoms with Crippen LogP contribution in [0.5, 0.6) is 0 Å². The van der Waals surface area contributed by atoms with Crippen LogP contribution in [0.25, 0.3) is 28.3 Å². The zero-order valence-electron chi connectivity index (χ0n) is 17.8. The molecule has 0 atom stereocenters. The molecule has 0 aliphatic carbocycles. The standard InChI is InChI=1S/C24H24N4O3S/c1-32(29,30)20-11-9-18(10-12-20)22-7-4-8-23-25-24(26-28(22)23)21-6-3-2-5-19(21)17-27-13-15-31-16-14-27/h2-12H,13-17H2,1H3. The highest BCUT2D eigenvalue weighted by molar-refractivity contribution is 7.90. The molecule has 1 aliphatic rings. The second-order valence-corrected chi connectivity index (χ2v) is 9.97. The number of hydrogen-bond donors (Lipinski definition) is 0. The smallest absolute Gasteiger partial charge is 0.182 e. The van der Waals surface area contributed by atoms with Gasteiger partial charge in [-0.05, 0) is 29.8 Å². The van der Waals surface area contributed by atoms with Gasteiger partial charge in [0, 0.05) is 37.0 Å². The molecular weight excluding hydrogens is 424 g/mol. The van der Waals surface area contributed by atoms with Gasteiger partial charge >= 0.3 is 0 Å². The van der Waals surface area contributed by atoms with Crippen molar-refractivity contribution in [2.24, 2.45) is 0 Å². The third kappa shape index (κ3) is 4.17. The van der Waals surface area contributed by atoms with Crippen molar-refractivity contribution in [3.63, 3.8) is 0 Å². The Kier molecular flexibility index (Phi) is 5.50. The molecule has 2 aromatic carbocycles. The van der Waals surface area contributed by atoms with Crippen LogP contribution in [0, 0.1) is 0 Å². The zero-order valence-corrected chi connectivity index (χ0v) is 18.6. The monoisotopic (exact) mass is 448 g/mol. The number of nitrogens with zero attached hydrogens (tertiary/aromatic N) is 4. The van der Waals surface area contributed by atoms with Gasteiger partial charge in [0.25, 0.3) is 0 Å². The summed E-state index contributed by atoms with van der Waals surface area (Å²) >= 11 is 0. The van der Waals surface area contributed by atoms with Crippen LogP contribution in [-0.4, -0.2) is 60.5 Å². The molecule has 0 saturated carbocycles. The highest BCUT2D eigenvalue weighted by Gasteiger charge is 2.17. The van der Waals surface area contributed by atoms with Gasteiger partial charge < -0.3 is 4.74 Å². The average Bonchev–Trinajstić information content (AvgIpc) is 3.24. The number of aromatic nitrogens is 3. The molecule has 0 N–H and O–H groups in total. The first-order valence-electron chi connectivity index (χ1n) is 10.5. The van der Waals surface area contributed by atoms with Crippen LogP contribution < -0.4 is 0 Å². The predicted molar refractivity (Wildman–Crippen MR) is 123 cm³/mol. The fourth-order valence-electron chi connectivity index (χ4n) is 3.99. The van der Waals surface area contributed by atoms with Crippen LogP contribution in [0.2, 0.25) is 0 Å². The predicted octanol–water partition coefficient (Wildman–Crippen LogP) is 3.30. The molecule has 2 aromatic heterocycles. The number of ether oxygens (including phenoxy) is 1. The van der Waals surface area contributed by atoms with E-state index in [1.807, 2.05) is 34.8 Å². The summed E-state index contributed by atoms with van der Waals surface area (Å²) < 4.78 is 30.9. The van der Waals surface area contributed by atoms with E-state index < -0.39 is 9.84 Å². The third-order valence-electron chi connectivity index (χ3n) is 5.69. The van der Waals surface area contributed by atoms with Gasteiger partial charge in [-0.25, -0.2) is 17.9 Å². The lowest BCUT2D eigenvalue weighted by molar-refractivity contribution is 0.0342. The van der Waals surface area contributed by atoms with E-state index in [9.17, 15) is 8.42 Å². The number of pyridine rings is 1. The van der Waals surface area contributed by atoms with Crippen molar-refractivity contribution in [3.05, 3.63) is 72.3 Å². The molecule has 3 heterocycles. The summed E-state index contributed by atoms with van der Waals surface area (Å²) in [5.74, 6) is 0.675. The molecule has 0 amide bonds. The molecule has 0 unspecified atom stereocenters. The maximum atomic E-state index is 11.8. The Morgan fingerprint density at radius 3 is 2.44 bits per heavy atom. The number of fused-ring (bicyclic) bond motifs is 1. The molecule has 1 saturated heterocycles. The minimum Gasteiger partial charge on any atom is -0.379 e. The number of benzene rings is 2. The summed E-state index contributed by atoms with van der Waals surface area (Å²) in [6.45, 7) is 4.18. The van der Waals surface area contributed by atoms with Crippen molar-refractivity contribution >= 4 is 15.5 Å². The molecule has 164 valence electrons. The lowest BCUT2D eigenvalue weighted by atomic mass is 10.1. The minimum atomic E-state index is -3.24. The molecule has 1 aliphatic heterocycles. The number of hydrogen-bond acceptors (Lipinski definition) is 6. The molecule has 0 bridgehead atoms. The fraction of sp³-hybridized carbons (Fsp3) is 0.250. The van der Waals surface area contributed by atoms with Crippen LogP contribution in [0.15, 0.2) is 71.6 Å². The summed E-state index contributed by atoms with van der Waals surface area (Å²) in [5.41, 5.74) is 4.67. The lowest BCUT2D eigenvalue weighted by Crippen LogP contribution is -2.35. The van der Waals surface area contributed by atoms with Gasteiger partial charge in [-0.15, -0.1) is 5.10 Å². The minimum absolute atomic E-state index is 0.296. The normalized spacial score (nSPS) is 15.3. The molecule has 8 heteroatoms. The fourth-order valence-corrected chi connectivity index (χ4v) is 4.62. The van der Waals surface area contributed by atoms with Crippen molar-refractivity contribution in [1.29, 1.82) is 0 Å². The quantitative estimate of drug-likeness (QED) is 0.466. The Balaban J connectivity index is 1.53. The van der Waals surface area contributed by atoms with E-state index >= 15 is 0 Å². The second-order valence-electron chi connectivity index (χ2n) is 7.96. The third-order valence-corrected chi connectivity index (χ3v) is 6.82. The van der Waals surface area contributed by atoms with Crippen LogP contribution in [0.4, 0.5) is 0 Å². The molecule has 7 nitrogen and oxygen atoms in total. The van der Waals surface area contributed by atoms with E-state index in [4.69, 9.17) is 14.8 Å². The lowest BCUT2D eigenvalue weighted by Gasteiger charge is -2.27. The van der Waals surface area contributed by atoms with Crippen molar-refractivity contribution in [2.75, 3.05) is 32.6 Å². The van der Waals surface area contributed by atoms with Gasteiger partial charge in [-0.1, -0.05) is 42.5 Å². The number of rotatable bonds is 5. The van der Waals surface area contributed by atoms with Gasteiger partial charge in [0.2, 0.25) is 0 Å². The maximum Gasteiger partial charge on any atom is 0.182 e.